The van der Waals surface area contributed by atoms with E-state index in [4.69, 9.17) is 5.73 Å². The van der Waals surface area contributed by atoms with Gasteiger partial charge in [-0.15, -0.1) is 0 Å². The Morgan fingerprint density at radius 1 is 1.54 bits per heavy atom. The number of aromatic nitrogens is 1. The Morgan fingerprint density at radius 2 is 2.25 bits per heavy atom. The molecule has 0 saturated heterocycles. The number of aromatic amines is 1. The van der Waals surface area contributed by atoms with Crippen molar-refractivity contribution in [3.63, 3.8) is 0 Å². The number of nitrogens with zero attached hydrogens (tertiary/aromatic N) is 1. The topological polar surface area (TPSA) is 138 Å². The average Bonchev–Trinajstić information content (AvgIpc) is 2.90. The minimum atomic E-state index is -1.52. The largest absolute Gasteiger partial charge is 0.508 e. The van der Waals surface area contributed by atoms with Gasteiger partial charge < -0.3 is 15.4 Å². The number of amides is 1. The van der Waals surface area contributed by atoms with E-state index in [1.807, 2.05) is 6.92 Å². The van der Waals surface area contributed by atoms with Crippen LogP contribution < -0.4 is 16.6 Å². The van der Waals surface area contributed by atoms with Crippen molar-refractivity contribution in [2.24, 2.45) is 10.7 Å². The smallest absolute Gasteiger partial charge is 0.264 e. The summed E-state index contributed by atoms with van der Waals surface area (Å²) in [6.45, 7) is 3.29. The second-order valence-electron chi connectivity index (χ2n) is 5.66. The summed E-state index contributed by atoms with van der Waals surface area (Å²) in [5.74, 6) is -0.778. The van der Waals surface area contributed by atoms with Gasteiger partial charge in [-0.1, -0.05) is 25.1 Å². The summed E-state index contributed by atoms with van der Waals surface area (Å²) in [5.41, 5.74) is 4.43. The van der Waals surface area contributed by atoms with Crippen LogP contribution in [0.2, 0.25) is 0 Å². The second kappa shape index (κ2) is 7.18. The van der Waals surface area contributed by atoms with Crippen LogP contribution in [0.15, 0.2) is 21.9 Å². The summed E-state index contributed by atoms with van der Waals surface area (Å²) < 4.78 is 0. The van der Waals surface area contributed by atoms with Crippen molar-refractivity contribution >= 4 is 28.5 Å². The van der Waals surface area contributed by atoms with Gasteiger partial charge in [-0.2, -0.15) is 0 Å². The third kappa shape index (κ3) is 4.04. The van der Waals surface area contributed by atoms with Crippen LogP contribution in [0.3, 0.4) is 0 Å². The van der Waals surface area contributed by atoms with Crippen molar-refractivity contribution in [1.29, 1.82) is 0 Å². The lowest BCUT2D eigenvalue weighted by Gasteiger charge is -2.24. The zero-order valence-electron chi connectivity index (χ0n) is 13.5. The normalized spacial score (nSPS) is 21.2. The van der Waals surface area contributed by atoms with Crippen LogP contribution in [0.25, 0.3) is 0 Å². The van der Waals surface area contributed by atoms with Gasteiger partial charge in [0.25, 0.3) is 11.5 Å². The highest BCUT2D eigenvalue weighted by atomic mass is 32.2. The Hall–Kier alpha value is -2.13. The molecule has 130 valence electrons. The number of pyridine rings is 1. The van der Waals surface area contributed by atoms with Crippen molar-refractivity contribution in [3.8, 4) is 5.75 Å². The van der Waals surface area contributed by atoms with Crippen LogP contribution >= 0.6 is 11.8 Å². The zero-order chi connectivity index (χ0) is 17.9. The van der Waals surface area contributed by atoms with Gasteiger partial charge >= 0.3 is 0 Å². The Morgan fingerprint density at radius 3 is 2.79 bits per heavy atom. The summed E-state index contributed by atoms with van der Waals surface area (Å²) in [6, 6.07) is 1.92. The van der Waals surface area contributed by atoms with Crippen LogP contribution in [-0.2, 0) is 9.59 Å². The third-order valence-electron chi connectivity index (χ3n) is 3.53. The molecule has 0 bridgehead atoms. The molecule has 0 aliphatic carbocycles. The van der Waals surface area contributed by atoms with E-state index in [1.165, 1.54) is 13.0 Å². The Kier molecular flexibility index (Phi) is 5.45. The first-order valence-electron chi connectivity index (χ1n) is 7.52. The van der Waals surface area contributed by atoms with Gasteiger partial charge in [0, 0.05) is 30.5 Å². The van der Waals surface area contributed by atoms with Crippen molar-refractivity contribution < 1.29 is 14.7 Å². The first-order chi connectivity index (χ1) is 11.2. The number of nitrogens with two attached hydrogens (primary N) is 1. The first kappa shape index (κ1) is 18.2. The molecule has 0 radical (unpaired) electrons. The fourth-order valence-electron chi connectivity index (χ4n) is 2.34. The highest BCUT2D eigenvalue weighted by Gasteiger charge is 2.41. The summed E-state index contributed by atoms with van der Waals surface area (Å²) in [6.07, 6.45) is 1.27. The second-order valence-corrected chi connectivity index (χ2v) is 6.62. The molecule has 9 heteroatoms. The van der Waals surface area contributed by atoms with Gasteiger partial charge in [-0.05, 0) is 6.42 Å². The maximum atomic E-state index is 12.5. The molecular weight excluding hydrogens is 332 g/mol. The van der Waals surface area contributed by atoms with E-state index in [9.17, 15) is 19.5 Å². The van der Waals surface area contributed by atoms with Crippen LogP contribution in [0.5, 0.6) is 5.75 Å². The summed E-state index contributed by atoms with van der Waals surface area (Å²) >= 11 is 1.14. The van der Waals surface area contributed by atoms with Gasteiger partial charge in [0.1, 0.15) is 10.8 Å². The van der Waals surface area contributed by atoms with Crippen LogP contribution in [-0.4, -0.2) is 38.2 Å². The van der Waals surface area contributed by atoms with Crippen molar-refractivity contribution in [1.82, 2.24) is 10.3 Å². The molecule has 8 nitrogen and oxygen atoms in total. The number of hydrogen-bond acceptors (Lipinski definition) is 7. The van der Waals surface area contributed by atoms with E-state index in [0.29, 0.717) is 12.1 Å². The molecule has 2 rings (SSSR count). The number of thioether (sulfide) groups is 1. The Balaban J connectivity index is 2.23. The van der Waals surface area contributed by atoms with Crippen LogP contribution in [0.4, 0.5) is 0 Å². The molecule has 1 aromatic heterocycles. The van der Waals surface area contributed by atoms with E-state index in [0.717, 1.165) is 24.2 Å². The first-order valence-corrected chi connectivity index (χ1v) is 8.50. The van der Waals surface area contributed by atoms with E-state index in [1.54, 1.807) is 0 Å². The zero-order valence-corrected chi connectivity index (χ0v) is 14.3. The number of Topliss-reactive ketones (excluding diaryl/α,β-unsaturated/α-hetero) is 1. The number of rotatable bonds is 6. The standard InChI is InChI=1S/C15H20N4O4S/c1-3-4-10(11-5-9(21)6-12(22)17-11)18-14(23)15(16)7-24-13(19-15)8(2)20/h5-6,10H,3-4,7,16H2,1-2H3,(H,18,23)(H2,17,21,22)/t10-,15+/m1/s1. The fraction of sp³-hybridized carbons (Fsp3) is 0.467. The predicted molar refractivity (Wildman–Crippen MR) is 92.0 cm³/mol. The number of carbonyl (C=O) groups excluding carboxylic acids is 2. The van der Waals surface area contributed by atoms with Gasteiger partial charge in [0.2, 0.25) is 0 Å². The molecule has 0 fully saturated rings. The predicted octanol–water partition coefficient (Wildman–Crippen LogP) is 0.427. The van der Waals surface area contributed by atoms with Crippen LogP contribution in [0, 0.1) is 0 Å². The highest BCUT2D eigenvalue weighted by Crippen LogP contribution is 2.26. The maximum Gasteiger partial charge on any atom is 0.264 e. The molecule has 1 amide bonds. The number of aliphatic imine (C=N–C) groups is 1. The molecule has 0 spiro atoms. The summed E-state index contributed by atoms with van der Waals surface area (Å²) in [7, 11) is 0. The lowest BCUT2D eigenvalue weighted by Crippen LogP contribution is -2.54. The molecule has 2 heterocycles. The van der Waals surface area contributed by atoms with Gasteiger partial charge in [0.15, 0.2) is 11.4 Å². The number of hydrogen-bond donors (Lipinski definition) is 4. The van der Waals surface area contributed by atoms with E-state index in [-0.39, 0.29) is 22.3 Å². The lowest BCUT2D eigenvalue weighted by atomic mass is 10.1. The lowest BCUT2D eigenvalue weighted by molar-refractivity contribution is -0.126. The summed E-state index contributed by atoms with van der Waals surface area (Å²) in [4.78, 5) is 42.1. The number of aromatic hydroxyl groups is 1. The quantitative estimate of drug-likeness (QED) is 0.586. The molecular formula is C15H20N4O4S. The fourth-order valence-corrected chi connectivity index (χ4v) is 3.32. The molecule has 2 atom stereocenters. The molecule has 1 aromatic rings. The van der Waals surface area contributed by atoms with Crippen molar-refractivity contribution in [3.05, 3.63) is 28.2 Å². The molecule has 0 aromatic carbocycles. The minimum absolute atomic E-state index is 0.170. The maximum absolute atomic E-state index is 12.5. The number of carbonyl (C=O) groups is 2. The third-order valence-corrected chi connectivity index (χ3v) is 4.77. The van der Waals surface area contributed by atoms with Gasteiger partial charge in [-0.3, -0.25) is 20.1 Å². The molecule has 1 aliphatic rings. The number of nitrogens with one attached hydrogen (secondary N) is 2. The number of ketones is 1. The van der Waals surface area contributed by atoms with E-state index in [2.05, 4.69) is 15.3 Å². The highest BCUT2D eigenvalue weighted by molar-refractivity contribution is 8.16. The molecule has 5 N–H and O–H groups in total. The number of H-pyrrole nitrogens is 1. The van der Waals surface area contributed by atoms with Crippen molar-refractivity contribution in [2.45, 2.75) is 38.4 Å². The van der Waals surface area contributed by atoms with E-state index >= 15 is 0 Å². The Bertz CT molecular complexity index is 745. The summed E-state index contributed by atoms with van der Waals surface area (Å²) in [5, 5.41) is 12.6. The average molecular weight is 352 g/mol. The van der Waals surface area contributed by atoms with Gasteiger partial charge in [-0.25, -0.2) is 4.99 Å². The molecule has 0 saturated carbocycles. The van der Waals surface area contributed by atoms with Crippen LogP contribution in [0.1, 0.15) is 38.4 Å². The van der Waals surface area contributed by atoms with Crippen molar-refractivity contribution in [2.75, 3.05) is 5.75 Å². The molecule has 1 aliphatic heterocycles. The molecule has 24 heavy (non-hydrogen) atoms. The monoisotopic (exact) mass is 352 g/mol. The minimum Gasteiger partial charge on any atom is -0.508 e. The van der Waals surface area contributed by atoms with Gasteiger partial charge in [0.05, 0.1) is 6.04 Å². The Labute approximate surface area is 142 Å². The van der Waals surface area contributed by atoms with E-state index < -0.39 is 23.2 Å². The molecule has 0 unspecified atom stereocenters. The SMILES string of the molecule is CCC[C@@H](NC(=O)[C@]1(N)CSC(C(C)=O)=N1)c1cc(O)cc(=O)[nH]1.